The highest BCUT2D eigenvalue weighted by molar-refractivity contribution is 5.94. The Labute approximate surface area is 136 Å². The molecule has 3 rings (SSSR count). The van der Waals surface area contributed by atoms with E-state index < -0.39 is 28.9 Å². The highest BCUT2D eigenvalue weighted by Gasteiger charge is 2.31. The first-order valence-corrected chi connectivity index (χ1v) is 7.48. The zero-order chi connectivity index (χ0) is 17.3. The Morgan fingerprint density at radius 3 is 2.71 bits per heavy atom. The second-order valence-electron chi connectivity index (χ2n) is 5.68. The van der Waals surface area contributed by atoms with Crippen LogP contribution in [0.4, 0.5) is 13.2 Å². The minimum absolute atomic E-state index is 0.229. The van der Waals surface area contributed by atoms with Crippen LogP contribution < -0.4 is 4.74 Å². The van der Waals surface area contributed by atoms with Gasteiger partial charge in [-0.2, -0.15) is 0 Å². The molecule has 0 spiro atoms. The van der Waals surface area contributed by atoms with Crippen LogP contribution >= 0.6 is 0 Å². The van der Waals surface area contributed by atoms with Crippen LogP contribution in [0.25, 0.3) is 0 Å². The number of likely N-dealkylation sites (tertiary alicyclic amines) is 1. The Hall–Kier alpha value is -2.57. The molecule has 0 aliphatic carbocycles. The van der Waals surface area contributed by atoms with E-state index in [0.29, 0.717) is 18.8 Å². The van der Waals surface area contributed by atoms with E-state index in [1.807, 2.05) is 13.0 Å². The summed E-state index contributed by atoms with van der Waals surface area (Å²) in [6.07, 6.45) is 1.94. The first-order valence-electron chi connectivity index (χ1n) is 7.48. The molecule has 1 aliphatic rings. The molecule has 1 amide bonds. The van der Waals surface area contributed by atoms with Gasteiger partial charge in [0.25, 0.3) is 5.91 Å². The first-order chi connectivity index (χ1) is 11.5. The Morgan fingerprint density at radius 2 is 2.00 bits per heavy atom. The number of ether oxygens (including phenoxy) is 1. The van der Waals surface area contributed by atoms with E-state index in [2.05, 4.69) is 4.98 Å². The van der Waals surface area contributed by atoms with Crippen molar-refractivity contribution in [2.75, 3.05) is 13.1 Å². The molecule has 0 bridgehead atoms. The summed E-state index contributed by atoms with van der Waals surface area (Å²) < 4.78 is 45.7. The zero-order valence-corrected chi connectivity index (χ0v) is 12.9. The van der Waals surface area contributed by atoms with Crippen molar-refractivity contribution in [3.05, 3.63) is 59.0 Å². The number of benzene rings is 1. The number of hydrogen-bond donors (Lipinski definition) is 0. The minimum atomic E-state index is -1.64. The summed E-state index contributed by atoms with van der Waals surface area (Å²) in [7, 11) is 0. The normalized spacial score (nSPS) is 17.2. The second kappa shape index (κ2) is 6.51. The van der Waals surface area contributed by atoms with Crippen molar-refractivity contribution in [2.24, 2.45) is 0 Å². The smallest absolute Gasteiger partial charge is 0.257 e. The fraction of sp³-hybridized carbons (Fsp3) is 0.294. The second-order valence-corrected chi connectivity index (χ2v) is 5.68. The predicted octanol–water partition coefficient (Wildman–Crippen LogP) is 3.10. The summed E-state index contributed by atoms with van der Waals surface area (Å²) in [5, 5.41) is 0. The van der Waals surface area contributed by atoms with Gasteiger partial charge >= 0.3 is 0 Å². The molecule has 1 fully saturated rings. The molecule has 0 N–H and O–H groups in total. The molecule has 1 atom stereocenters. The van der Waals surface area contributed by atoms with Gasteiger partial charge in [0.15, 0.2) is 17.5 Å². The van der Waals surface area contributed by atoms with Crippen LogP contribution in [0.3, 0.4) is 0 Å². The van der Waals surface area contributed by atoms with Crippen molar-refractivity contribution in [3.63, 3.8) is 0 Å². The van der Waals surface area contributed by atoms with Crippen molar-refractivity contribution in [3.8, 4) is 5.88 Å². The number of rotatable bonds is 3. The van der Waals surface area contributed by atoms with E-state index in [4.69, 9.17) is 4.74 Å². The summed E-state index contributed by atoms with van der Waals surface area (Å²) in [4.78, 5) is 17.8. The number of amides is 1. The third-order valence-corrected chi connectivity index (χ3v) is 3.87. The van der Waals surface area contributed by atoms with Crippen LogP contribution in [0.15, 0.2) is 30.5 Å². The Bertz CT molecular complexity index is 765. The van der Waals surface area contributed by atoms with E-state index in [1.54, 1.807) is 12.3 Å². The van der Waals surface area contributed by atoms with Crippen molar-refractivity contribution in [1.82, 2.24) is 9.88 Å². The number of pyridine rings is 1. The number of hydrogen-bond acceptors (Lipinski definition) is 3. The SMILES string of the molecule is Cc1ccc(OC2CCN(C(=O)c3ccc(F)c(F)c3F)C2)nc1. The molecule has 2 aromatic rings. The number of nitrogens with zero attached hydrogens (tertiary/aromatic N) is 2. The van der Waals surface area contributed by atoms with Crippen molar-refractivity contribution < 1.29 is 22.7 Å². The molecule has 1 aliphatic heterocycles. The molecule has 126 valence electrons. The van der Waals surface area contributed by atoms with Crippen LogP contribution in [-0.4, -0.2) is 35.0 Å². The average molecular weight is 336 g/mol. The molecule has 4 nitrogen and oxygen atoms in total. The molecule has 7 heteroatoms. The van der Waals surface area contributed by atoms with E-state index in [9.17, 15) is 18.0 Å². The summed E-state index contributed by atoms with van der Waals surface area (Å²) in [5.41, 5.74) is 0.516. The van der Waals surface area contributed by atoms with Gasteiger partial charge in [-0.05, 0) is 24.6 Å². The fourth-order valence-electron chi connectivity index (χ4n) is 2.56. The van der Waals surface area contributed by atoms with Crippen molar-refractivity contribution >= 4 is 5.91 Å². The van der Waals surface area contributed by atoms with Crippen LogP contribution in [-0.2, 0) is 0 Å². The Kier molecular flexibility index (Phi) is 4.42. The quantitative estimate of drug-likeness (QED) is 0.809. The number of aromatic nitrogens is 1. The summed E-state index contributed by atoms with van der Waals surface area (Å²) in [6.45, 7) is 2.48. The van der Waals surface area contributed by atoms with Gasteiger partial charge in [-0.25, -0.2) is 18.2 Å². The largest absolute Gasteiger partial charge is 0.472 e. The van der Waals surface area contributed by atoms with Gasteiger partial charge in [0.2, 0.25) is 5.88 Å². The van der Waals surface area contributed by atoms with E-state index in [-0.39, 0.29) is 12.6 Å². The van der Waals surface area contributed by atoms with E-state index in [1.165, 1.54) is 4.90 Å². The number of halogens is 3. The summed E-state index contributed by atoms with van der Waals surface area (Å²) in [6, 6.07) is 5.28. The minimum Gasteiger partial charge on any atom is -0.472 e. The van der Waals surface area contributed by atoms with E-state index >= 15 is 0 Å². The topological polar surface area (TPSA) is 42.4 Å². The van der Waals surface area contributed by atoms with Gasteiger partial charge in [0.1, 0.15) is 6.10 Å². The highest BCUT2D eigenvalue weighted by Crippen LogP contribution is 2.21. The van der Waals surface area contributed by atoms with Crippen LogP contribution in [0, 0.1) is 24.4 Å². The predicted molar refractivity (Wildman–Crippen MR) is 80.2 cm³/mol. The van der Waals surface area contributed by atoms with Gasteiger partial charge in [-0.1, -0.05) is 6.07 Å². The van der Waals surface area contributed by atoms with Gasteiger partial charge in [-0.3, -0.25) is 4.79 Å². The standard InChI is InChI=1S/C17H15F3N2O2/c1-10-2-5-14(21-8-10)24-11-6-7-22(9-11)17(23)12-3-4-13(18)16(20)15(12)19/h2-5,8,11H,6-7,9H2,1H3. The lowest BCUT2D eigenvalue weighted by atomic mass is 10.1. The van der Waals surface area contributed by atoms with Crippen LogP contribution in [0.5, 0.6) is 5.88 Å². The molecule has 1 aromatic heterocycles. The maximum atomic E-state index is 13.7. The maximum absolute atomic E-state index is 13.7. The van der Waals surface area contributed by atoms with Gasteiger partial charge in [-0.15, -0.1) is 0 Å². The Morgan fingerprint density at radius 1 is 1.21 bits per heavy atom. The molecule has 2 heterocycles. The first kappa shape index (κ1) is 16.3. The summed E-state index contributed by atoms with van der Waals surface area (Å²) >= 11 is 0. The van der Waals surface area contributed by atoms with Gasteiger partial charge in [0, 0.05) is 25.2 Å². The Balaban J connectivity index is 1.68. The molecule has 1 saturated heterocycles. The molecule has 0 radical (unpaired) electrons. The number of carbonyl (C=O) groups is 1. The molecular weight excluding hydrogens is 321 g/mol. The van der Waals surface area contributed by atoms with Crippen molar-refractivity contribution in [2.45, 2.75) is 19.4 Å². The number of aryl methyl sites for hydroxylation is 1. The molecule has 24 heavy (non-hydrogen) atoms. The lowest BCUT2D eigenvalue weighted by Gasteiger charge is -2.17. The molecule has 1 unspecified atom stereocenters. The maximum Gasteiger partial charge on any atom is 0.257 e. The van der Waals surface area contributed by atoms with Gasteiger partial charge < -0.3 is 9.64 Å². The molecule has 1 aromatic carbocycles. The van der Waals surface area contributed by atoms with Gasteiger partial charge in [0.05, 0.1) is 12.1 Å². The van der Waals surface area contributed by atoms with E-state index in [0.717, 1.165) is 17.7 Å². The summed E-state index contributed by atoms with van der Waals surface area (Å²) in [5.74, 6) is -4.67. The number of carbonyl (C=O) groups excluding carboxylic acids is 1. The monoisotopic (exact) mass is 336 g/mol. The molecule has 0 saturated carbocycles. The lowest BCUT2D eigenvalue weighted by Crippen LogP contribution is -2.31. The zero-order valence-electron chi connectivity index (χ0n) is 12.9. The highest BCUT2D eigenvalue weighted by atomic mass is 19.2. The lowest BCUT2D eigenvalue weighted by molar-refractivity contribution is 0.0765. The van der Waals surface area contributed by atoms with Crippen molar-refractivity contribution in [1.29, 1.82) is 0 Å². The fourth-order valence-corrected chi connectivity index (χ4v) is 2.56. The average Bonchev–Trinajstić information content (AvgIpc) is 3.03. The van der Waals surface area contributed by atoms with Crippen LogP contribution in [0.2, 0.25) is 0 Å². The molecular formula is C17H15F3N2O2. The third-order valence-electron chi connectivity index (χ3n) is 3.87. The van der Waals surface area contributed by atoms with Crippen LogP contribution in [0.1, 0.15) is 22.3 Å². The third kappa shape index (κ3) is 3.20.